The van der Waals surface area contributed by atoms with Crippen LogP contribution in [0.1, 0.15) is 0 Å². The first kappa shape index (κ1) is 34.9. The van der Waals surface area contributed by atoms with E-state index in [0.717, 1.165) is 115 Å². The molecule has 7 nitrogen and oxygen atoms in total. The highest BCUT2D eigenvalue weighted by Crippen LogP contribution is 2.45. The van der Waals surface area contributed by atoms with Crippen LogP contribution < -0.4 is 0 Å². The van der Waals surface area contributed by atoms with Crippen LogP contribution in [0.2, 0.25) is 0 Å². The Labute approximate surface area is 364 Å². The lowest BCUT2D eigenvalue weighted by Crippen LogP contribution is -2.07. The van der Waals surface area contributed by atoms with Crippen molar-refractivity contribution in [1.82, 2.24) is 24.1 Å². The lowest BCUT2D eigenvalue weighted by molar-refractivity contribution is 0.666. The molecule has 0 unspecified atom stereocenters. The van der Waals surface area contributed by atoms with Gasteiger partial charge in [-0.15, -0.1) is 0 Å². The number of hydrogen-bond acceptors (Lipinski definition) is 5. The summed E-state index contributed by atoms with van der Waals surface area (Å²) in [6.07, 6.45) is 0. The van der Waals surface area contributed by atoms with Gasteiger partial charge in [-0.05, 0) is 53.6 Å². The summed E-state index contributed by atoms with van der Waals surface area (Å²) in [7, 11) is 0. The number of hydrogen-bond donors (Lipinski definition) is 0. The summed E-state index contributed by atoms with van der Waals surface area (Å²) in [6, 6.07) is 69.6. The predicted octanol–water partition coefficient (Wildman–Crippen LogP) is 14.9. The Morgan fingerprint density at radius 2 is 0.859 bits per heavy atom. The zero-order chi connectivity index (χ0) is 41.9. The molecule has 0 spiro atoms. The maximum absolute atomic E-state index is 6.90. The van der Waals surface area contributed by atoms with Gasteiger partial charge in [0.2, 0.25) is 5.95 Å². The van der Waals surface area contributed by atoms with E-state index in [0.29, 0.717) is 17.6 Å². The summed E-state index contributed by atoms with van der Waals surface area (Å²) < 4.78 is 18.1. The van der Waals surface area contributed by atoms with Gasteiger partial charge in [0.05, 0.1) is 33.3 Å². The van der Waals surface area contributed by atoms with E-state index in [1.54, 1.807) is 0 Å². The molecule has 0 aliphatic carbocycles. The second-order valence-corrected chi connectivity index (χ2v) is 16.3. The van der Waals surface area contributed by atoms with E-state index >= 15 is 0 Å². The third-order valence-electron chi connectivity index (χ3n) is 12.8. The minimum absolute atomic E-state index is 0.499. The number of fused-ring (bicyclic) bond motifs is 13. The Kier molecular flexibility index (Phi) is 7.27. The van der Waals surface area contributed by atoms with Crippen molar-refractivity contribution < 1.29 is 8.83 Å². The monoisotopic (exact) mass is 819 g/mol. The molecule has 0 aliphatic heterocycles. The molecule has 5 heterocycles. The van der Waals surface area contributed by atoms with E-state index in [-0.39, 0.29) is 0 Å². The summed E-state index contributed by atoms with van der Waals surface area (Å²) in [5.74, 6) is 1.58. The Morgan fingerprint density at radius 1 is 0.328 bits per heavy atom. The topological polar surface area (TPSA) is 74.8 Å². The molecule has 14 aromatic rings. The number of nitrogens with zero attached hydrogens (tertiary/aromatic N) is 5. The highest BCUT2D eigenvalue weighted by molar-refractivity contribution is 6.24. The predicted molar refractivity (Wildman–Crippen MR) is 259 cm³/mol. The minimum atomic E-state index is 0.499. The molecule has 7 heteroatoms. The van der Waals surface area contributed by atoms with E-state index in [1.165, 1.54) is 0 Å². The van der Waals surface area contributed by atoms with Gasteiger partial charge in [-0.1, -0.05) is 158 Å². The second kappa shape index (κ2) is 13.3. The van der Waals surface area contributed by atoms with Crippen LogP contribution in [0.5, 0.6) is 0 Å². The van der Waals surface area contributed by atoms with Crippen molar-refractivity contribution in [2.24, 2.45) is 0 Å². The highest BCUT2D eigenvalue weighted by atomic mass is 16.3. The van der Waals surface area contributed by atoms with Gasteiger partial charge in [0, 0.05) is 48.7 Å². The van der Waals surface area contributed by atoms with E-state index < -0.39 is 0 Å². The number of aromatic nitrogens is 5. The number of rotatable bonds is 5. The summed E-state index contributed by atoms with van der Waals surface area (Å²) in [5.41, 5.74) is 12.1. The smallest absolute Gasteiger partial charge is 0.238 e. The first-order valence-electron chi connectivity index (χ1n) is 21.4. The van der Waals surface area contributed by atoms with Crippen molar-refractivity contribution in [2.75, 3.05) is 0 Å². The van der Waals surface area contributed by atoms with Crippen LogP contribution in [-0.2, 0) is 0 Å². The minimum Gasteiger partial charge on any atom is -0.455 e. The van der Waals surface area contributed by atoms with Crippen molar-refractivity contribution in [2.45, 2.75) is 0 Å². The fourth-order valence-corrected chi connectivity index (χ4v) is 9.96. The van der Waals surface area contributed by atoms with Gasteiger partial charge in [0.15, 0.2) is 17.2 Å². The first-order valence-corrected chi connectivity index (χ1v) is 21.4. The normalized spacial score (nSPS) is 12.1. The van der Waals surface area contributed by atoms with Crippen LogP contribution in [0, 0.1) is 0 Å². The molecule has 0 saturated carbocycles. The van der Waals surface area contributed by atoms with Crippen LogP contribution in [0.4, 0.5) is 0 Å². The zero-order valence-corrected chi connectivity index (χ0v) is 34.1. The second-order valence-electron chi connectivity index (χ2n) is 16.3. The van der Waals surface area contributed by atoms with Crippen molar-refractivity contribution in [1.29, 1.82) is 0 Å². The number of benzene rings is 9. The molecule has 0 radical (unpaired) electrons. The number of furan rings is 2. The molecule has 0 bridgehead atoms. The lowest BCUT2D eigenvalue weighted by atomic mass is 10.0. The molecule has 0 saturated heterocycles. The fraction of sp³-hybridized carbons (Fsp3) is 0. The van der Waals surface area contributed by atoms with Crippen LogP contribution in [0.3, 0.4) is 0 Å². The van der Waals surface area contributed by atoms with Crippen molar-refractivity contribution in [3.8, 4) is 45.5 Å². The summed E-state index contributed by atoms with van der Waals surface area (Å²) in [4.78, 5) is 16.0. The third-order valence-corrected chi connectivity index (χ3v) is 12.8. The molecular weight excluding hydrogens is 787 g/mol. The zero-order valence-electron chi connectivity index (χ0n) is 34.1. The van der Waals surface area contributed by atoms with Crippen LogP contribution in [0.15, 0.2) is 209 Å². The SMILES string of the molecule is c1ccc(-c2cc(-n3c4ccccc4c4ccc5c6ccccc6n(-c6nc(-c7ccccc7)nc(-c7cccc8c7oc7ccccc78)n6)c5c43)c3oc4ccccc4c3c2)cc1. The largest absolute Gasteiger partial charge is 0.455 e. The van der Waals surface area contributed by atoms with Gasteiger partial charge in [-0.2, -0.15) is 9.97 Å². The van der Waals surface area contributed by atoms with E-state index in [1.807, 2.05) is 60.7 Å². The summed E-state index contributed by atoms with van der Waals surface area (Å²) in [6.45, 7) is 0. The van der Waals surface area contributed by atoms with Gasteiger partial charge >= 0.3 is 0 Å². The van der Waals surface area contributed by atoms with Gasteiger partial charge in [-0.25, -0.2) is 4.98 Å². The summed E-state index contributed by atoms with van der Waals surface area (Å²) >= 11 is 0. The Morgan fingerprint density at radius 3 is 1.56 bits per heavy atom. The Balaban J connectivity index is 1.15. The molecule has 0 atom stereocenters. The summed E-state index contributed by atoms with van der Waals surface area (Å²) in [5, 5.41) is 8.58. The lowest BCUT2D eigenvalue weighted by Gasteiger charge is -2.14. The number of para-hydroxylation sites is 5. The van der Waals surface area contributed by atoms with E-state index in [4.69, 9.17) is 23.8 Å². The molecule has 0 fully saturated rings. The molecule has 9 aromatic carbocycles. The van der Waals surface area contributed by atoms with E-state index in [2.05, 4.69) is 149 Å². The first-order chi connectivity index (χ1) is 31.7. The molecule has 0 amide bonds. The molecule has 298 valence electrons. The molecule has 64 heavy (non-hydrogen) atoms. The van der Waals surface area contributed by atoms with Gasteiger partial charge in [0.1, 0.15) is 16.7 Å². The fourth-order valence-electron chi connectivity index (χ4n) is 9.96. The molecule has 0 N–H and O–H groups in total. The van der Waals surface area contributed by atoms with Gasteiger partial charge in [-0.3, -0.25) is 4.57 Å². The Hall–Kier alpha value is -8.81. The van der Waals surface area contributed by atoms with Crippen molar-refractivity contribution in [3.63, 3.8) is 0 Å². The Bertz CT molecular complexity index is 4200. The highest BCUT2D eigenvalue weighted by Gasteiger charge is 2.26. The molecule has 14 rings (SSSR count). The quantitative estimate of drug-likeness (QED) is 0.173. The van der Waals surface area contributed by atoms with Crippen LogP contribution >= 0.6 is 0 Å². The van der Waals surface area contributed by atoms with Crippen molar-refractivity contribution >= 4 is 87.5 Å². The maximum atomic E-state index is 6.90. The van der Waals surface area contributed by atoms with Gasteiger partial charge < -0.3 is 13.4 Å². The molecule has 0 aliphatic rings. The molecule has 5 aromatic heterocycles. The van der Waals surface area contributed by atoms with Gasteiger partial charge in [0.25, 0.3) is 0 Å². The average Bonchev–Trinajstić information content (AvgIpc) is 4.12. The maximum Gasteiger partial charge on any atom is 0.238 e. The van der Waals surface area contributed by atoms with E-state index in [9.17, 15) is 0 Å². The standard InChI is InChI=1S/C57H33N5O2/c1-3-16-34(17-4-1)36-32-45-40-23-10-14-29-50(40)64-54(45)48(33-36)61-46-26-11-7-20-37(46)41-30-31-42-38-21-8-12-27-47(38)62(52(42)51(41)61)57-59-55(35-18-5-2-6-19-35)58-56(60-57)44-25-15-24-43-39-22-9-13-28-49(39)63-53(43)44/h1-33H. The average molecular weight is 820 g/mol. The third kappa shape index (κ3) is 5.00. The van der Waals surface area contributed by atoms with Crippen LogP contribution in [0.25, 0.3) is 133 Å². The van der Waals surface area contributed by atoms with Crippen LogP contribution in [-0.4, -0.2) is 24.1 Å². The molecular formula is C57H33N5O2. The van der Waals surface area contributed by atoms with Crippen molar-refractivity contribution in [3.05, 3.63) is 200 Å².